The molecule has 0 bridgehead atoms. The monoisotopic (exact) mass is 208 g/mol. The lowest BCUT2D eigenvalue weighted by atomic mass is 10.2. The third-order valence-corrected chi connectivity index (χ3v) is 3.88. The van der Waals surface area contributed by atoms with Gasteiger partial charge in [0, 0.05) is 13.6 Å². The van der Waals surface area contributed by atoms with Crippen LogP contribution in [0.4, 0.5) is 0 Å². The molecule has 80 valence electrons. The van der Waals surface area contributed by atoms with Crippen molar-refractivity contribution in [2.75, 3.05) is 25.9 Å². The first-order valence-corrected chi connectivity index (χ1v) is 6.29. The molecule has 0 aromatic rings. The molecule has 2 N–H and O–H groups in total. The van der Waals surface area contributed by atoms with E-state index in [1.807, 2.05) is 0 Å². The van der Waals surface area contributed by atoms with Gasteiger partial charge in [0.25, 0.3) is 0 Å². The first kappa shape index (κ1) is 12.9. The van der Waals surface area contributed by atoms with Crippen molar-refractivity contribution in [2.24, 2.45) is 5.73 Å². The molecular formula is C8H20N2O2S. The first-order valence-electron chi connectivity index (χ1n) is 4.68. The third-order valence-electron chi connectivity index (χ3n) is 2.02. The molecule has 0 aliphatic rings. The van der Waals surface area contributed by atoms with Crippen molar-refractivity contribution in [1.29, 1.82) is 0 Å². The summed E-state index contributed by atoms with van der Waals surface area (Å²) in [6.45, 7) is 2.95. The van der Waals surface area contributed by atoms with E-state index in [0.29, 0.717) is 13.1 Å². The summed E-state index contributed by atoms with van der Waals surface area (Å²) in [6.07, 6.45) is 2.87. The van der Waals surface area contributed by atoms with Crippen LogP contribution in [0.1, 0.15) is 26.2 Å². The van der Waals surface area contributed by atoms with Crippen LogP contribution >= 0.6 is 0 Å². The van der Waals surface area contributed by atoms with Crippen molar-refractivity contribution in [3.8, 4) is 0 Å². The van der Waals surface area contributed by atoms with E-state index in [0.717, 1.165) is 19.3 Å². The van der Waals surface area contributed by atoms with Gasteiger partial charge in [0.15, 0.2) is 0 Å². The van der Waals surface area contributed by atoms with Crippen molar-refractivity contribution >= 4 is 10.0 Å². The Bertz CT molecular complexity index is 214. The molecule has 0 saturated heterocycles. The van der Waals surface area contributed by atoms with Gasteiger partial charge in [-0.05, 0) is 26.3 Å². The largest absolute Gasteiger partial charge is 0.330 e. The quantitative estimate of drug-likeness (QED) is 0.616. The van der Waals surface area contributed by atoms with Crippen LogP contribution in [0.3, 0.4) is 0 Å². The molecule has 0 aromatic carbocycles. The summed E-state index contributed by atoms with van der Waals surface area (Å²) in [5, 5.41) is 0. The summed E-state index contributed by atoms with van der Waals surface area (Å²) < 4.78 is 23.9. The van der Waals surface area contributed by atoms with Crippen LogP contribution in [0.15, 0.2) is 0 Å². The SMILES string of the molecule is CCS(=O)(=O)N(C)CCCCCN. The molecule has 0 amide bonds. The minimum Gasteiger partial charge on any atom is -0.330 e. The van der Waals surface area contributed by atoms with Gasteiger partial charge in [-0.1, -0.05) is 6.42 Å². The van der Waals surface area contributed by atoms with Crippen LogP contribution < -0.4 is 5.73 Å². The normalized spacial score (nSPS) is 12.3. The van der Waals surface area contributed by atoms with Gasteiger partial charge in [0.1, 0.15) is 0 Å². The maximum Gasteiger partial charge on any atom is 0.213 e. The second kappa shape index (κ2) is 6.34. The molecule has 0 saturated carbocycles. The van der Waals surface area contributed by atoms with Crippen molar-refractivity contribution < 1.29 is 8.42 Å². The highest BCUT2D eigenvalue weighted by molar-refractivity contribution is 7.89. The predicted octanol–water partition coefficient (Wildman–Crippen LogP) is 0.397. The molecule has 5 heteroatoms. The highest BCUT2D eigenvalue weighted by Crippen LogP contribution is 2.01. The van der Waals surface area contributed by atoms with E-state index < -0.39 is 10.0 Å². The van der Waals surface area contributed by atoms with Crippen LogP contribution in [0, 0.1) is 0 Å². The van der Waals surface area contributed by atoms with Gasteiger partial charge in [-0.3, -0.25) is 0 Å². The summed E-state index contributed by atoms with van der Waals surface area (Å²) in [6, 6.07) is 0. The molecule has 0 radical (unpaired) electrons. The summed E-state index contributed by atoms with van der Waals surface area (Å²) in [5.74, 6) is 0.181. The first-order chi connectivity index (χ1) is 6.04. The van der Waals surface area contributed by atoms with Crippen LogP contribution in [-0.4, -0.2) is 38.6 Å². The Morgan fingerprint density at radius 2 is 1.85 bits per heavy atom. The van der Waals surface area contributed by atoms with Gasteiger partial charge >= 0.3 is 0 Å². The van der Waals surface area contributed by atoms with Gasteiger partial charge in [-0.25, -0.2) is 12.7 Å². The highest BCUT2D eigenvalue weighted by Gasteiger charge is 2.13. The Morgan fingerprint density at radius 1 is 1.23 bits per heavy atom. The van der Waals surface area contributed by atoms with E-state index in [1.54, 1.807) is 14.0 Å². The number of unbranched alkanes of at least 4 members (excludes halogenated alkanes) is 2. The molecule has 0 fully saturated rings. The molecule has 0 atom stereocenters. The lowest BCUT2D eigenvalue weighted by Crippen LogP contribution is -2.29. The molecule has 13 heavy (non-hydrogen) atoms. The number of nitrogens with zero attached hydrogens (tertiary/aromatic N) is 1. The van der Waals surface area contributed by atoms with Crippen LogP contribution in [0.2, 0.25) is 0 Å². The maximum absolute atomic E-state index is 11.3. The molecule has 0 unspecified atom stereocenters. The van der Waals surface area contributed by atoms with Gasteiger partial charge in [-0.15, -0.1) is 0 Å². The van der Waals surface area contributed by atoms with Gasteiger partial charge < -0.3 is 5.73 Å². The Balaban J connectivity index is 3.69. The maximum atomic E-state index is 11.3. The van der Waals surface area contributed by atoms with E-state index in [-0.39, 0.29) is 5.75 Å². The molecule has 0 heterocycles. The summed E-state index contributed by atoms with van der Waals surface area (Å²) in [7, 11) is -1.36. The predicted molar refractivity (Wildman–Crippen MR) is 55.0 cm³/mol. The van der Waals surface area contributed by atoms with E-state index in [9.17, 15) is 8.42 Å². The van der Waals surface area contributed by atoms with Crippen LogP contribution in [0.5, 0.6) is 0 Å². The fraction of sp³-hybridized carbons (Fsp3) is 1.00. The third kappa shape index (κ3) is 5.23. The summed E-state index contributed by atoms with van der Waals surface area (Å²) in [5.41, 5.74) is 5.33. The molecule has 0 spiro atoms. The highest BCUT2D eigenvalue weighted by atomic mass is 32.2. The number of hydrogen-bond acceptors (Lipinski definition) is 3. The Kier molecular flexibility index (Phi) is 6.28. The Labute approximate surface area is 81.2 Å². The molecule has 0 aliphatic carbocycles. The average Bonchev–Trinajstić information content (AvgIpc) is 2.12. The zero-order valence-electron chi connectivity index (χ0n) is 8.49. The van der Waals surface area contributed by atoms with Crippen molar-refractivity contribution in [3.63, 3.8) is 0 Å². The topological polar surface area (TPSA) is 63.4 Å². The van der Waals surface area contributed by atoms with Crippen LogP contribution in [-0.2, 0) is 10.0 Å². The molecule has 0 aromatic heterocycles. The fourth-order valence-corrected chi connectivity index (χ4v) is 1.86. The van der Waals surface area contributed by atoms with E-state index in [4.69, 9.17) is 5.73 Å². The lowest BCUT2D eigenvalue weighted by molar-refractivity contribution is 0.454. The van der Waals surface area contributed by atoms with E-state index in [2.05, 4.69) is 0 Å². The van der Waals surface area contributed by atoms with E-state index in [1.165, 1.54) is 4.31 Å². The lowest BCUT2D eigenvalue weighted by Gasteiger charge is -2.15. The second-order valence-electron chi connectivity index (χ2n) is 3.07. The minimum absolute atomic E-state index is 0.181. The number of nitrogens with two attached hydrogens (primary N) is 1. The number of hydrogen-bond donors (Lipinski definition) is 1. The van der Waals surface area contributed by atoms with Crippen molar-refractivity contribution in [2.45, 2.75) is 26.2 Å². The average molecular weight is 208 g/mol. The van der Waals surface area contributed by atoms with Crippen molar-refractivity contribution in [1.82, 2.24) is 4.31 Å². The van der Waals surface area contributed by atoms with Gasteiger partial charge in [0.2, 0.25) is 10.0 Å². The van der Waals surface area contributed by atoms with Gasteiger partial charge in [-0.2, -0.15) is 0 Å². The summed E-state index contributed by atoms with van der Waals surface area (Å²) in [4.78, 5) is 0. The van der Waals surface area contributed by atoms with Crippen molar-refractivity contribution in [3.05, 3.63) is 0 Å². The number of rotatable bonds is 7. The zero-order chi connectivity index (χ0) is 10.3. The van der Waals surface area contributed by atoms with Gasteiger partial charge in [0.05, 0.1) is 5.75 Å². The van der Waals surface area contributed by atoms with E-state index >= 15 is 0 Å². The number of sulfonamides is 1. The Hall–Kier alpha value is -0.130. The zero-order valence-corrected chi connectivity index (χ0v) is 9.31. The second-order valence-corrected chi connectivity index (χ2v) is 5.44. The molecular weight excluding hydrogens is 188 g/mol. The molecule has 0 rings (SSSR count). The van der Waals surface area contributed by atoms with Crippen LogP contribution in [0.25, 0.3) is 0 Å². The standard InChI is InChI=1S/C8H20N2O2S/c1-3-13(11,12)10(2)8-6-4-5-7-9/h3-9H2,1-2H3. The fourth-order valence-electron chi connectivity index (χ4n) is 1.02. The summed E-state index contributed by atoms with van der Waals surface area (Å²) >= 11 is 0. The minimum atomic E-state index is -2.98. The molecule has 0 aliphatic heterocycles. The smallest absolute Gasteiger partial charge is 0.213 e. The Morgan fingerprint density at radius 3 is 2.31 bits per heavy atom. The molecule has 4 nitrogen and oxygen atoms in total.